The van der Waals surface area contributed by atoms with E-state index in [1.165, 1.54) is 11.1 Å². The smallest absolute Gasteiger partial charge is 0.407 e. The molecule has 1 aliphatic carbocycles. The molecule has 0 saturated carbocycles. The summed E-state index contributed by atoms with van der Waals surface area (Å²) in [5.74, 6) is -1.40. The predicted molar refractivity (Wildman–Crippen MR) is 126 cm³/mol. The van der Waals surface area contributed by atoms with Crippen LogP contribution in [0.15, 0.2) is 48.5 Å². The van der Waals surface area contributed by atoms with E-state index in [0.29, 0.717) is 12.8 Å². The van der Waals surface area contributed by atoms with Gasteiger partial charge < -0.3 is 20.1 Å². The van der Waals surface area contributed by atoms with E-state index in [-0.39, 0.29) is 43.0 Å². The summed E-state index contributed by atoms with van der Waals surface area (Å²) in [4.78, 5) is 38.9. The quantitative estimate of drug-likeness (QED) is 0.644. The summed E-state index contributed by atoms with van der Waals surface area (Å²) >= 11 is 0. The second-order valence-electron chi connectivity index (χ2n) is 9.56. The van der Waals surface area contributed by atoms with Gasteiger partial charge in [0.25, 0.3) is 0 Å². The first kappa shape index (κ1) is 22.4. The summed E-state index contributed by atoms with van der Waals surface area (Å²) in [6.45, 7) is 2.14. The van der Waals surface area contributed by atoms with Crippen molar-refractivity contribution in [1.29, 1.82) is 0 Å². The van der Waals surface area contributed by atoms with Gasteiger partial charge in [-0.15, -0.1) is 0 Å². The summed E-state index contributed by atoms with van der Waals surface area (Å²) in [5, 5.41) is 12.3. The van der Waals surface area contributed by atoms with Crippen molar-refractivity contribution in [2.45, 2.75) is 63.1 Å². The second-order valence-corrected chi connectivity index (χ2v) is 9.56. The molecule has 0 radical (unpaired) electrons. The van der Waals surface area contributed by atoms with Gasteiger partial charge in [0, 0.05) is 30.5 Å². The van der Waals surface area contributed by atoms with E-state index in [1.807, 2.05) is 31.2 Å². The molecule has 7 heteroatoms. The van der Waals surface area contributed by atoms with Crippen LogP contribution in [0.4, 0.5) is 4.79 Å². The SMILES string of the molecule is CC[C@H](CC(=O)N1[C@@H]2CC[C@H]1[C@@H](C(=O)O)C2)NC(=O)OCC1c2ccccc2-c2ccccc21. The molecular weight excluding hydrogens is 432 g/mol. The van der Waals surface area contributed by atoms with Crippen LogP contribution in [0.2, 0.25) is 0 Å². The number of nitrogens with zero attached hydrogens (tertiary/aromatic N) is 1. The zero-order valence-corrected chi connectivity index (χ0v) is 19.3. The van der Waals surface area contributed by atoms with Gasteiger partial charge in [-0.05, 0) is 47.9 Å². The van der Waals surface area contributed by atoms with Gasteiger partial charge in [-0.25, -0.2) is 4.79 Å². The summed E-state index contributed by atoms with van der Waals surface area (Å²) in [5.41, 5.74) is 4.64. The molecule has 2 aliphatic heterocycles. The number of alkyl carbamates (subject to hydrolysis) is 1. The van der Waals surface area contributed by atoms with Crippen molar-refractivity contribution in [3.05, 3.63) is 59.7 Å². The molecule has 2 aromatic carbocycles. The number of rotatable bonds is 7. The van der Waals surface area contributed by atoms with E-state index < -0.39 is 18.0 Å². The molecule has 4 atom stereocenters. The third kappa shape index (κ3) is 3.93. The Kier molecular flexibility index (Phi) is 6.02. The molecule has 0 aromatic heterocycles. The fourth-order valence-electron chi connectivity index (χ4n) is 6.06. The maximum Gasteiger partial charge on any atom is 0.407 e. The normalized spacial score (nSPS) is 23.3. The fraction of sp³-hybridized carbons (Fsp3) is 0.444. The van der Waals surface area contributed by atoms with Crippen LogP contribution in [0.1, 0.15) is 56.1 Å². The highest BCUT2D eigenvalue weighted by Gasteiger charge is 2.51. The van der Waals surface area contributed by atoms with Crippen molar-refractivity contribution >= 4 is 18.0 Å². The Balaban J connectivity index is 1.19. The fourth-order valence-corrected chi connectivity index (χ4v) is 6.06. The van der Waals surface area contributed by atoms with E-state index in [2.05, 4.69) is 29.6 Å². The van der Waals surface area contributed by atoms with Crippen molar-refractivity contribution in [1.82, 2.24) is 10.2 Å². The first-order valence-corrected chi connectivity index (χ1v) is 12.1. The van der Waals surface area contributed by atoms with Crippen LogP contribution in [0.5, 0.6) is 0 Å². The number of ether oxygens (including phenoxy) is 1. The van der Waals surface area contributed by atoms with E-state index in [0.717, 1.165) is 24.0 Å². The number of carboxylic acids is 1. The monoisotopic (exact) mass is 462 g/mol. The number of amides is 2. The Labute approximate surface area is 199 Å². The molecule has 0 unspecified atom stereocenters. The summed E-state index contributed by atoms with van der Waals surface area (Å²) < 4.78 is 5.63. The summed E-state index contributed by atoms with van der Waals surface area (Å²) in [6.07, 6.45) is 2.33. The van der Waals surface area contributed by atoms with Gasteiger partial charge in [0.1, 0.15) is 6.61 Å². The molecule has 2 bridgehead atoms. The molecule has 2 saturated heterocycles. The average molecular weight is 463 g/mol. The van der Waals surface area contributed by atoms with Crippen molar-refractivity contribution in [3.63, 3.8) is 0 Å². The lowest BCUT2D eigenvalue weighted by molar-refractivity contribution is -0.143. The predicted octanol–water partition coefficient (Wildman–Crippen LogP) is 4.16. The Bertz CT molecular complexity index is 1070. The van der Waals surface area contributed by atoms with Crippen molar-refractivity contribution in [3.8, 4) is 11.1 Å². The van der Waals surface area contributed by atoms with Crippen LogP contribution in [-0.2, 0) is 14.3 Å². The summed E-state index contributed by atoms with van der Waals surface area (Å²) in [6, 6.07) is 15.8. The Morgan fingerprint density at radius 1 is 1.06 bits per heavy atom. The molecule has 2 fully saturated rings. The maximum atomic E-state index is 13.0. The van der Waals surface area contributed by atoms with Crippen molar-refractivity contribution in [2.75, 3.05) is 6.61 Å². The van der Waals surface area contributed by atoms with E-state index >= 15 is 0 Å². The molecular formula is C27H30N2O5. The lowest BCUT2D eigenvalue weighted by atomic mass is 9.89. The average Bonchev–Trinajstić information content (AvgIpc) is 3.52. The van der Waals surface area contributed by atoms with E-state index in [9.17, 15) is 19.5 Å². The lowest BCUT2D eigenvalue weighted by Crippen LogP contribution is -2.43. The Morgan fingerprint density at radius 2 is 1.71 bits per heavy atom. The number of carbonyl (C=O) groups excluding carboxylic acids is 2. The minimum absolute atomic E-state index is 0.00515. The second kappa shape index (κ2) is 9.12. The highest BCUT2D eigenvalue weighted by atomic mass is 16.5. The van der Waals surface area contributed by atoms with Gasteiger partial charge in [0.15, 0.2) is 0 Å². The molecule has 7 nitrogen and oxygen atoms in total. The van der Waals surface area contributed by atoms with Crippen molar-refractivity contribution in [2.24, 2.45) is 5.92 Å². The number of benzene rings is 2. The molecule has 2 heterocycles. The third-order valence-electron chi connectivity index (χ3n) is 7.72. The molecule has 2 aromatic rings. The number of hydrogen-bond acceptors (Lipinski definition) is 4. The zero-order chi connectivity index (χ0) is 23.8. The van der Waals surface area contributed by atoms with Gasteiger partial charge in [-0.1, -0.05) is 55.5 Å². The van der Waals surface area contributed by atoms with E-state index in [1.54, 1.807) is 4.90 Å². The number of fused-ring (bicyclic) bond motifs is 5. The maximum absolute atomic E-state index is 13.0. The Morgan fingerprint density at radius 3 is 2.29 bits per heavy atom. The lowest BCUT2D eigenvalue weighted by Gasteiger charge is -2.26. The molecule has 2 N–H and O–H groups in total. The van der Waals surface area contributed by atoms with Crippen LogP contribution in [0.3, 0.4) is 0 Å². The first-order chi connectivity index (χ1) is 16.5. The zero-order valence-electron chi connectivity index (χ0n) is 19.3. The van der Waals surface area contributed by atoms with Gasteiger partial charge >= 0.3 is 12.1 Å². The van der Waals surface area contributed by atoms with Gasteiger partial charge in [-0.3, -0.25) is 9.59 Å². The van der Waals surface area contributed by atoms with Crippen LogP contribution < -0.4 is 5.32 Å². The molecule has 5 rings (SSSR count). The minimum atomic E-state index is -0.825. The number of nitrogens with one attached hydrogen (secondary N) is 1. The molecule has 178 valence electrons. The highest BCUT2D eigenvalue weighted by molar-refractivity contribution is 5.82. The molecule has 0 spiro atoms. The third-order valence-corrected chi connectivity index (χ3v) is 7.72. The summed E-state index contributed by atoms with van der Waals surface area (Å²) in [7, 11) is 0. The van der Waals surface area contributed by atoms with Crippen LogP contribution in [0.25, 0.3) is 11.1 Å². The highest BCUT2D eigenvalue weighted by Crippen LogP contribution is 2.45. The van der Waals surface area contributed by atoms with Crippen molar-refractivity contribution < 1.29 is 24.2 Å². The largest absolute Gasteiger partial charge is 0.481 e. The van der Waals surface area contributed by atoms with Crippen LogP contribution in [0, 0.1) is 5.92 Å². The van der Waals surface area contributed by atoms with Gasteiger partial charge in [0.05, 0.1) is 5.92 Å². The standard InChI is InChI=1S/C27H30N2O5/c1-2-16(13-25(30)29-17-11-12-24(29)22(14-17)26(31)32)28-27(33)34-15-23-20-9-5-3-7-18(20)19-8-4-6-10-21(19)23/h3-10,16-17,22-24H,2,11-15H2,1H3,(H,28,33)(H,31,32)/t16-,17-,22+,24+/m1/s1. The van der Waals surface area contributed by atoms with Gasteiger partial charge in [0.2, 0.25) is 5.91 Å². The first-order valence-electron chi connectivity index (χ1n) is 12.1. The molecule has 34 heavy (non-hydrogen) atoms. The van der Waals surface area contributed by atoms with Gasteiger partial charge in [-0.2, -0.15) is 0 Å². The number of carboxylic acid groups (broad SMARTS) is 1. The Hall–Kier alpha value is -3.35. The molecule has 3 aliphatic rings. The number of aliphatic carboxylic acids is 1. The number of carbonyl (C=O) groups is 3. The minimum Gasteiger partial charge on any atom is -0.481 e. The van der Waals surface area contributed by atoms with E-state index in [4.69, 9.17) is 4.74 Å². The van der Waals surface area contributed by atoms with Crippen LogP contribution in [-0.4, -0.2) is 52.7 Å². The topological polar surface area (TPSA) is 95.9 Å². The number of hydrogen-bond donors (Lipinski definition) is 2. The van der Waals surface area contributed by atoms with Crippen LogP contribution >= 0.6 is 0 Å². The molecule has 2 amide bonds.